The molecule has 100 valence electrons. The largest absolute Gasteiger partial charge is 0.508 e. The number of aliphatic hydroxyl groups excluding tert-OH is 2. The summed E-state index contributed by atoms with van der Waals surface area (Å²) in [6, 6.07) is 4.24. The summed E-state index contributed by atoms with van der Waals surface area (Å²) in [6.45, 7) is 0. The van der Waals surface area contributed by atoms with Gasteiger partial charge in [-0.1, -0.05) is 0 Å². The molecule has 1 rings (SSSR count). The van der Waals surface area contributed by atoms with Gasteiger partial charge in [0.2, 0.25) is 0 Å². The van der Waals surface area contributed by atoms with Crippen LogP contribution in [0.25, 0.3) is 0 Å². The average Bonchev–Trinajstić information content (AvgIpc) is 2.38. The van der Waals surface area contributed by atoms with Crippen molar-refractivity contribution in [1.82, 2.24) is 0 Å². The van der Waals surface area contributed by atoms with Crippen LogP contribution in [0.15, 0.2) is 18.2 Å². The molecule has 0 saturated carbocycles. The summed E-state index contributed by atoms with van der Waals surface area (Å²) in [5.74, 6) is -0.414. The van der Waals surface area contributed by atoms with Crippen LogP contribution in [-0.4, -0.2) is 41.6 Å². The number of benzene rings is 1. The van der Waals surface area contributed by atoms with Crippen molar-refractivity contribution in [1.29, 1.82) is 0 Å². The van der Waals surface area contributed by atoms with Gasteiger partial charge in [-0.15, -0.1) is 0 Å². The Morgan fingerprint density at radius 1 is 1.33 bits per heavy atom. The number of carbonyl (C=O) groups is 1. The topological polar surface area (TPSA) is 96.2 Å². The second kappa shape index (κ2) is 6.23. The first kappa shape index (κ1) is 14.3. The second-order valence-corrected chi connectivity index (χ2v) is 3.72. The molecular formula is C12H16O6. The van der Waals surface area contributed by atoms with Crippen LogP contribution in [0.5, 0.6) is 11.5 Å². The zero-order valence-corrected chi connectivity index (χ0v) is 10.2. The molecule has 0 aliphatic heterocycles. The number of aromatic hydroxyl groups is 1. The fourth-order valence-electron chi connectivity index (χ4n) is 1.47. The van der Waals surface area contributed by atoms with E-state index >= 15 is 0 Å². The van der Waals surface area contributed by atoms with Gasteiger partial charge in [-0.3, -0.25) is 4.79 Å². The van der Waals surface area contributed by atoms with Crippen molar-refractivity contribution in [3.63, 3.8) is 0 Å². The molecule has 3 N–H and O–H groups in total. The maximum atomic E-state index is 11.0. The van der Waals surface area contributed by atoms with Gasteiger partial charge in [-0.25, -0.2) is 0 Å². The first-order chi connectivity index (χ1) is 8.49. The number of aliphatic hydroxyl groups is 2. The van der Waals surface area contributed by atoms with Crippen LogP contribution in [0.4, 0.5) is 0 Å². The predicted octanol–water partition coefficient (Wildman–Crippen LogP) is 0.358. The highest BCUT2D eigenvalue weighted by Crippen LogP contribution is 2.31. The van der Waals surface area contributed by atoms with Crippen molar-refractivity contribution in [2.24, 2.45) is 0 Å². The van der Waals surface area contributed by atoms with Gasteiger partial charge in [0.05, 0.1) is 26.7 Å². The maximum Gasteiger partial charge on any atom is 0.308 e. The van der Waals surface area contributed by atoms with Crippen molar-refractivity contribution in [3.05, 3.63) is 23.8 Å². The molecule has 0 radical (unpaired) electrons. The molecule has 0 aromatic heterocycles. The summed E-state index contributed by atoms with van der Waals surface area (Å²) >= 11 is 0. The number of hydrogen-bond donors (Lipinski definition) is 3. The monoisotopic (exact) mass is 256 g/mol. The van der Waals surface area contributed by atoms with Crippen molar-refractivity contribution in [2.45, 2.75) is 18.6 Å². The highest BCUT2D eigenvalue weighted by atomic mass is 16.5. The summed E-state index contributed by atoms with van der Waals surface area (Å²) in [7, 11) is 2.62. The van der Waals surface area contributed by atoms with E-state index in [-0.39, 0.29) is 17.7 Å². The van der Waals surface area contributed by atoms with Crippen LogP contribution < -0.4 is 4.74 Å². The average molecular weight is 256 g/mol. The van der Waals surface area contributed by atoms with E-state index in [0.29, 0.717) is 5.75 Å². The zero-order chi connectivity index (χ0) is 13.7. The molecular weight excluding hydrogens is 240 g/mol. The summed E-state index contributed by atoms with van der Waals surface area (Å²) in [5.41, 5.74) is 0.0887. The molecule has 0 amide bonds. The molecule has 0 aliphatic carbocycles. The summed E-state index contributed by atoms with van der Waals surface area (Å²) < 4.78 is 9.33. The molecule has 0 aliphatic rings. The Bertz CT molecular complexity index is 417. The van der Waals surface area contributed by atoms with Crippen LogP contribution in [0.3, 0.4) is 0 Å². The highest BCUT2D eigenvalue weighted by molar-refractivity contribution is 5.69. The molecule has 1 aromatic rings. The third-order valence-corrected chi connectivity index (χ3v) is 2.52. The lowest BCUT2D eigenvalue weighted by atomic mass is 10.0. The number of methoxy groups -OCH3 is 2. The Labute approximate surface area is 104 Å². The number of hydrogen-bond acceptors (Lipinski definition) is 6. The molecule has 0 heterocycles. The Hall–Kier alpha value is -1.79. The van der Waals surface area contributed by atoms with E-state index in [9.17, 15) is 20.1 Å². The van der Waals surface area contributed by atoms with Crippen LogP contribution in [-0.2, 0) is 9.53 Å². The minimum atomic E-state index is -1.40. The third-order valence-electron chi connectivity index (χ3n) is 2.52. The van der Waals surface area contributed by atoms with Gasteiger partial charge in [0.25, 0.3) is 0 Å². The van der Waals surface area contributed by atoms with Crippen molar-refractivity contribution >= 4 is 5.97 Å². The Balaban J connectivity index is 2.88. The fraction of sp³-hybridized carbons (Fsp3) is 0.417. The van der Waals surface area contributed by atoms with Gasteiger partial charge < -0.3 is 24.8 Å². The van der Waals surface area contributed by atoms with Gasteiger partial charge in [-0.05, 0) is 18.2 Å². The number of esters is 1. The molecule has 0 saturated heterocycles. The van der Waals surface area contributed by atoms with E-state index in [0.717, 1.165) is 0 Å². The smallest absolute Gasteiger partial charge is 0.308 e. The normalized spacial score (nSPS) is 13.8. The van der Waals surface area contributed by atoms with Crippen LogP contribution >= 0.6 is 0 Å². The van der Waals surface area contributed by atoms with E-state index in [1.165, 1.54) is 32.4 Å². The molecule has 1 aromatic carbocycles. The summed E-state index contributed by atoms with van der Waals surface area (Å²) in [4.78, 5) is 11.0. The molecule has 0 fully saturated rings. The minimum Gasteiger partial charge on any atom is -0.508 e. The lowest BCUT2D eigenvalue weighted by Crippen LogP contribution is -2.22. The number of ether oxygens (including phenoxy) is 2. The van der Waals surface area contributed by atoms with Crippen LogP contribution in [0.1, 0.15) is 18.1 Å². The standard InChI is InChI=1S/C12H16O6/c1-17-7-3-4-9(13)8(5-7)12(16)10(14)6-11(15)18-2/h3-5,10,12-14,16H,6H2,1-2H3. The quantitative estimate of drug-likeness (QED) is 0.658. The number of rotatable bonds is 5. The van der Waals surface area contributed by atoms with Gasteiger partial charge in [0, 0.05) is 5.56 Å². The van der Waals surface area contributed by atoms with Gasteiger partial charge in [-0.2, -0.15) is 0 Å². The SMILES string of the molecule is COC(=O)CC(O)C(O)c1cc(OC)ccc1O. The van der Waals surface area contributed by atoms with Crippen molar-refractivity contribution in [3.8, 4) is 11.5 Å². The van der Waals surface area contributed by atoms with Crippen LogP contribution in [0, 0.1) is 0 Å². The molecule has 18 heavy (non-hydrogen) atoms. The lowest BCUT2D eigenvalue weighted by molar-refractivity contribution is -0.144. The fourth-order valence-corrected chi connectivity index (χ4v) is 1.47. The molecule has 2 atom stereocenters. The van der Waals surface area contributed by atoms with Gasteiger partial charge >= 0.3 is 5.97 Å². The number of phenolic OH excluding ortho intramolecular Hbond substituents is 1. The van der Waals surface area contributed by atoms with E-state index in [1.807, 2.05) is 0 Å². The first-order valence-corrected chi connectivity index (χ1v) is 5.29. The van der Waals surface area contributed by atoms with E-state index < -0.39 is 18.2 Å². The third kappa shape index (κ3) is 3.35. The second-order valence-electron chi connectivity index (χ2n) is 3.72. The highest BCUT2D eigenvalue weighted by Gasteiger charge is 2.24. The Morgan fingerprint density at radius 3 is 2.56 bits per heavy atom. The summed E-state index contributed by atoms with van der Waals surface area (Å²) in [6.07, 6.45) is -3.14. The van der Waals surface area contributed by atoms with Crippen molar-refractivity contribution < 1.29 is 29.6 Å². The molecule has 2 unspecified atom stereocenters. The molecule has 0 spiro atoms. The number of phenols is 1. The molecule has 6 nitrogen and oxygen atoms in total. The lowest BCUT2D eigenvalue weighted by Gasteiger charge is -2.18. The zero-order valence-electron chi connectivity index (χ0n) is 10.2. The molecule has 0 bridgehead atoms. The van der Waals surface area contributed by atoms with E-state index in [4.69, 9.17) is 4.74 Å². The van der Waals surface area contributed by atoms with Crippen LogP contribution in [0.2, 0.25) is 0 Å². The number of carbonyl (C=O) groups excluding carboxylic acids is 1. The van der Waals surface area contributed by atoms with E-state index in [2.05, 4.69) is 4.74 Å². The maximum absolute atomic E-state index is 11.0. The van der Waals surface area contributed by atoms with E-state index in [1.54, 1.807) is 0 Å². The Kier molecular flexibility index (Phi) is 4.94. The predicted molar refractivity (Wildman–Crippen MR) is 62.3 cm³/mol. The van der Waals surface area contributed by atoms with Crippen molar-refractivity contribution in [2.75, 3.05) is 14.2 Å². The minimum absolute atomic E-state index is 0.0887. The first-order valence-electron chi connectivity index (χ1n) is 5.29. The summed E-state index contributed by atoms with van der Waals surface area (Å²) in [5, 5.41) is 29.1. The molecule has 6 heteroatoms. The van der Waals surface area contributed by atoms with Gasteiger partial charge in [0.1, 0.15) is 17.6 Å². The van der Waals surface area contributed by atoms with Gasteiger partial charge in [0.15, 0.2) is 0 Å². The Morgan fingerprint density at radius 2 is 2.00 bits per heavy atom.